The predicted molar refractivity (Wildman–Crippen MR) is 88.3 cm³/mol. The van der Waals surface area contributed by atoms with Crippen molar-refractivity contribution in [2.24, 2.45) is 5.92 Å². The van der Waals surface area contributed by atoms with Crippen molar-refractivity contribution in [3.8, 4) is 0 Å². The van der Waals surface area contributed by atoms with Crippen molar-refractivity contribution in [2.45, 2.75) is 54.0 Å². The molecule has 3 nitrogen and oxygen atoms in total. The Balaban J connectivity index is 2.65. The van der Waals surface area contributed by atoms with Crippen LogP contribution in [0.5, 0.6) is 0 Å². The van der Waals surface area contributed by atoms with Crippen LogP contribution in [0.1, 0.15) is 51.8 Å². The molecule has 3 heteroatoms. The van der Waals surface area contributed by atoms with Crippen LogP contribution in [-0.2, 0) is 6.54 Å². The molecule has 0 aliphatic heterocycles. The van der Waals surface area contributed by atoms with Crippen LogP contribution in [0, 0.1) is 12.8 Å². The molecular formula is C17H31N3. The summed E-state index contributed by atoms with van der Waals surface area (Å²) < 4.78 is 0. The van der Waals surface area contributed by atoms with Gasteiger partial charge in [-0.2, -0.15) is 0 Å². The lowest BCUT2D eigenvalue weighted by Gasteiger charge is -2.22. The number of hydrogen-bond donors (Lipinski definition) is 1. The predicted octanol–water partition coefficient (Wildman–Crippen LogP) is 3.76. The molecule has 0 bridgehead atoms. The normalized spacial score (nSPS) is 11.1. The Kier molecular flexibility index (Phi) is 7.60. The maximum Gasteiger partial charge on any atom is 0.128 e. The van der Waals surface area contributed by atoms with Gasteiger partial charge < -0.3 is 10.2 Å². The minimum absolute atomic E-state index is 0.687. The third-order valence-electron chi connectivity index (χ3n) is 3.54. The highest BCUT2D eigenvalue weighted by molar-refractivity contribution is 5.41. The SMILES string of the molecule is CCCCN(CC)c1ccc(CNCC(C)C)c(C)n1. The van der Waals surface area contributed by atoms with E-state index in [0.717, 1.165) is 37.7 Å². The summed E-state index contributed by atoms with van der Waals surface area (Å²) in [6.45, 7) is 15.1. The molecule has 0 spiro atoms. The molecule has 0 radical (unpaired) electrons. The fourth-order valence-corrected chi connectivity index (χ4v) is 2.22. The van der Waals surface area contributed by atoms with Gasteiger partial charge in [0.15, 0.2) is 0 Å². The Bertz CT molecular complexity index is 388. The Morgan fingerprint density at radius 3 is 2.55 bits per heavy atom. The molecule has 0 aliphatic carbocycles. The number of aromatic nitrogens is 1. The zero-order valence-corrected chi connectivity index (χ0v) is 13.9. The summed E-state index contributed by atoms with van der Waals surface area (Å²) >= 11 is 0. The third-order valence-corrected chi connectivity index (χ3v) is 3.54. The van der Waals surface area contributed by atoms with E-state index >= 15 is 0 Å². The first-order chi connectivity index (χ1) is 9.58. The van der Waals surface area contributed by atoms with Crippen molar-refractivity contribution in [3.05, 3.63) is 23.4 Å². The van der Waals surface area contributed by atoms with E-state index in [1.165, 1.54) is 18.4 Å². The molecule has 1 N–H and O–H groups in total. The quantitative estimate of drug-likeness (QED) is 0.745. The van der Waals surface area contributed by atoms with Crippen LogP contribution in [0.15, 0.2) is 12.1 Å². The average molecular weight is 277 g/mol. The lowest BCUT2D eigenvalue weighted by molar-refractivity contribution is 0.551. The lowest BCUT2D eigenvalue weighted by atomic mass is 10.1. The molecular weight excluding hydrogens is 246 g/mol. The molecule has 0 fully saturated rings. The molecule has 1 rings (SSSR count). The first kappa shape index (κ1) is 17.0. The van der Waals surface area contributed by atoms with Gasteiger partial charge in [0.05, 0.1) is 0 Å². The van der Waals surface area contributed by atoms with E-state index < -0.39 is 0 Å². The van der Waals surface area contributed by atoms with Gasteiger partial charge in [0.2, 0.25) is 0 Å². The maximum absolute atomic E-state index is 4.78. The second-order valence-electron chi connectivity index (χ2n) is 5.87. The summed E-state index contributed by atoms with van der Waals surface area (Å²) in [5, 5.41) is 3.49. The Morgan fingerprint density at radius 1 is 1.25 bits per heavy atom. The first-order valence-electron chi connectivity index (χ1n) is 8.00. The summed E-state index contributed by atoms with van der Waals surface area (Å²) in [6, 6.07) is 4.39. The summed E-state index contributed by atoms with van der Waals surface area (Å²) in [5.74, 6) is 1.80. The highest BCUT2D eigenvalue weighted by atomic mass is 15.2. The molecule has 20 heavy (non-hydrogen) atoms. The highest BCUT2D eigenvalue weighted by Gasteiger charge is 2.07. The van der Waals surface area contributed by atoms with Gasteiger partial charge in [-0.3, -0.25) is 0 Å². The van der Waals surface area contributed by atoms with E-state index in [1.54, 1.807) is 0 Å². The topological polar surface area (TPSA) is 28.2 Å². The number of hydrogen-bond acceptors (Lipinski definition) is 3. The number of nitrogens with one attached hydrogen (secondary N) is 1. The molecule has 1 heterocycles. The minimum atomic E-state index is 0.687. The zero-order valence-electron chi connectivity index (χ0n) is 13.9. The minimum Gasteiger partial charge on any atom is -0.357 e. The fraction of sp³-hybridized carbons (Fsp3) is 0.706. The van der Waals surface area contributed by atoms with Crippen LogP contribution in [0.4, 0.5) is 5.82 Å². The van der Waals surface area contributed by atoms with Crippen molar-refractivity contribution < 1.29 is 0 Å². The number of aryl methyl sites for hydroxylation is 1. The van der Waals surface area contributed by atoms with Gasteiger partial charge in [-0.25, -0.2) is 4.98 Å². The van der Waals surface area contributed by atoms with Crippen LogP contribution in [0.3, 0.4) is 0 Å². The van der Waals surface area contributed by atoms with Gasteiger partial charge >= 0.3 is 0 Å². The number of nitrogens with zero attached hydrogens (tertiary/aromatic N) is 2. The summed E-state index contributed by atoms with van der Waals surface area (Å²) in [7, 11) is 0. The number of unbranched alkanes of at least 4 members (excludes halogenated alkanes) is 1. The monoisotopic (exact) mass is 277 g/mol. The van der Waals surface area contributed by atoms with Crippen LogP contribution >= 0.6 is 0 Å². The van der Waals surface area contributed by atoms with Crippen molar-refractivity contribution in [1.82, 2.24) is 10.3 Å². The van der Waals surface area contributed by atoms with E-state index in [0.29, 0.717) is 5.92 Å². The smallest absolute Gasteiger partial charge is 0.128 e. The van der Waals surface area contributed by atoms with E-state index in [2.05, 4.69) is 57.0 Å². The third kappa shape index (κ3) is 5.49. The summed E-state index contributed by atoms with van der Waals surface area (Å²) in [5.41, 5.74) is 2.45. The number of anilines is 1. The van der Waals surface area contributed by atoms with E-state index in [4.69, 9.17) is 4.98 Å². The van der Waals surface area contributed by atoms with Gasteiger partial charge in [0.25, 0.3) is 0 Å². The van der Waals surface area contributed by atoms with Crippen LogP contribution in [-0.4, -0.2) is 24.6 Å². The maximum atomic E-state index is 4.78. The molecule has 0 unspecified atom stereocenters. The Morgan fingerprint density at radius 2 is 2.00 bits per heavy atom. The van der Waals surface area contributed by atoms with Gasteiger partial charge in [-0.05, 0) is 44.4 Å². The zero-order chi connectivity index (χ0) is 15.0. The second kappa shape index (κ2) is 8.96. The van der Waals surface area contributed by atoms with Gasteiger partial charge in [0.1, 0.15) is 5.82 Å². The molecule has 1 aromatic heterocycles. The molecule has 0 atom stereocenters. The average Bonchev–Trinajstić information content (AvgIpc) is 2.41. The van der Waals surface area contributed by atoms with E-state index in [1.807, 2.05) is 0 Å². The van der Waals surface area contributed by atoms with Crippen molar-refractivity contribution >= 4 is 5.82 Å². The summed E-state index contributed by atoms with van der Waals surface area (Å²) in [4.78, 5) is 7.14. The van der Waals surface area contributed by atoms with Crippen molar-refractivity contribution in [1.29, 1.82) is 0 Å². The fourth-order valence-electron chi connectivity index (χ4n) is 2.22. The molecule has 0 saturated heterocycles. The molecule has 0 aliphatic rings. The van der Waals surface area contributed by atoms with Crippen LogP contribution in [0.25, 0.3) is 0 Å². The lowest BCUT2D eigenvalue weighted by Crippen LogP contribution is -2.25. The van der Waals surface area contributed by atoms with Crippen LogP contribution < -0.4 is 10.2 Å². The Labute approximate surface area is 124 Å². The Hall–Kier alpha value is -1.09. The molecule has 0 aromatic carbocycles. The number of pyridine rings is 1. The largest absolute Gasteiger partial charge is 0.357 e. The standard InChI is InChI=1S/C17H31N3/c1-6-8-11-20(7-2)17-10-9-16(15(5)19-17)13-18-12-14(3)4/h9-10,14,18H,6-8,11-13H2,1-5H3. The van der Waals surface area contributed by atoms with Gasteiger partial charge in [-0.15, -0.1) is 0 Å². The first-order valence-corrected chi connectivity index (χ1v) is 8.00. The highest BCUT2D eigenvalue weighted by Crippen LogP contribution is 2.15. The van der Waals surface area contributed by atoms with Crippen molar-refractivity contribution in [3.63, 3.8) is 0 Å². The molecule has 0 saturated carbocycles. The van der Waals surface area contributed by atoms with Crippen molar-refractivity contribution in [2.75, 3.05) is 24.5 Å². The van der Waals surface area contributed by atoms with Gasteiger partial charge in [-0.1, -0.05) is 33.3 Å². The van der Waals surface area contributed by atoms with Gasteiger partial charge in [0, 0.05) is 25.3 Å². The van der Waals surface area contributed by atoms with E-state index in [-0.39, 0.29) is 0 Å². The molecule has 114 valence electrons. The molecule has 1 aromatic rings. The second-order valence-corrected chi connectivity index (χ2v) is 5.87. The van der Waals surface area contributed by atoms with E-state index in [9.17, 15) is 0 Å². The summed E-state index contributed by atoms with van der Waals surface area (Å²) in [6.07, 6.45) is 2.46. The number of rotatable bonds is 9. The molecule has 0 amide bonds. The van der Waals surface area contributed by atoms with Crippen LogP contribution in [0.2, 0.25) is 0 Å².